The molecule has 0 bridgehead atoms. The van der Waals surface area contributed by atoms with Gasteiger partial charge >= 0.3 is 6.18 Å². The molecule has 2 unspecified atom stereocenters. The van der Waals surface area contributed by atoms with Crippen LogP contribution in [-0.2, 0) is 6.54 Å². The Labute approximate surface area is 175 Å². The smallest absolute Gasteiger partial charge is 0.361 e. The van der Waals surface area contributed by atoms with E-state index < -0.39 is 12.1 Å². The number of aryl methyl sites for hydroxylation is 2. The fourth-order valence-electron chi connectivity index (χ4n) is 3.85. The van der Waals surface area contributed by atoms with Gasteiger partial charge in [0.25, 0.3) is 0 Å². The number of nitrogens with zero attached hydrogens (tertiary/aromatic N) is 3. The van der Waals surface area contributed by atoms with Gasteiger partial charge in [0.2, 0.25) is 0 Å². The normalized spacial score (nSPS) is 18.5. The van der Waals surface area contributed by atoms with Crippen LogP contribution in [0.25, 0.3) is 5.57 Å². The Morgan fingerprint density at radius 1 is 1.40 bits per heavy atom. The molecule has 0 saturated carbocycles. The third kappa shape index (κ3) is 5.12. The number of hydrogen-bond acceptors (Lipinski definition) is 3. The van der Waals surface area contributed by atoms with Crippen LogP contribution < -0.4 is 5.32 Å². The summed E-state index contributed by atoms with van der Waals surface area (Å²) in [7, 11) is 0. The van der Waals surface area contributed by atoms with Crippen LogP contribution in [0.2, 0.25) is 0 Å². The largest absolute Gasteiger partial charge is 0.395 e. The van der Waals surface area contributed by atoms with Crippen molar-refractivity contribution in [3.05, 3.63) is 59.6 Å². The van der Waals surface area contributed by atoms with Crippen molar-refractivity contribution < 1.29 is 13.2 Å². The van der Waals surface area contributed by atoms with Crippen molar-refractivity contribution in [2.75, 3.05) is 5.32 Å². The molecule has 0 fully saturated rings. The van der Waals surface area contributed by atoms with Gasteiger partial charge in [-0.3, -0.25) is 4.68 Å². The summed E-state index contributed by atoms with van der Waals surface area (Å²) < 4.78 is 42.4. The maximum Gasteiger partial charge on any atom is 0.395 e. The molecule has 1 aliphatic rings. The summed E-state index contributed by atoms with van der Waals surface area (Å²) in [5.74, 6) is -0.652. The van der Waals surface area contributed by atoms with Crippen LogP contribution in [0, 0.1) is 12.8 Å². The minimum Gasteiger partial charge on any atom is -0.361 e. The summed E-state index contributed by atoms with van der Waals surface area (Å²) in [6, 6.07) is 5.83. The summed E-state index contributed by atoms with van der Waals surface area (Å²) >= 11 is 0. The summed E-state index contributed by atoms with van der Waals surface area (Å²) in [5.41, 5.74) is 3.13. The standard InChI is InChI=1S/C23H29F3N4/c1-4-8-17(14-18(9-5-2)23(24,25)26)20-15-21-19(11-7-13-30(21)29-20)28-22-16(3)10-6-12-27-22/h4,6,8,10,12,14-15,18-19H,5,7,9,11,13H2,1-3H3,(H,27,28)/b8-4-,17-14+. The van der Waals surface area contributed by atoms with E-state index in [0.717, 1.165) is 36.5 Å². The molecule has 1 aliphatic heterocycles. The van der Waals surface area contributed by atoms with Crippen molar-refractivity contribution in [3.63, 3.8) is 0 Å². The van der Waals surface area contributed by atoms with Gasteiger partial charge in [-0.15, -0.1) is 0 Å². The second-order valence-electron chi connectivity index (χ2n) is 7.74. The molecule has 0 spiro atoms. The highest BCUT2D eigenvalue weighted by molar-refractivity contribution is 5.72. The molecule has 4 nitrogen and oxygen atoms in total. The van der Waals surface area contributed by atoms with Crippen LogP contribution in [0.1, 0.15) is 62.5 Å². The molecule has 0 aliphatic carbocycles. The number of fused-ring (bicyclic) bond motifs is 1. The van der Waals surface area contributed by atoms with E-state index in [-0.39, 0.29) is 12.5 Å². The molecule has 30 heavy (non-hydrogen) atoms. The third-order valence-electron chi connectivity index (χ3n) is 5.39. The van der Waals surface area contributed by atoms with Crippen molar-refractivity contribution in [1.82, 2.24) is 14.8 Å². The fraction of sp³-hybridized carbons (Fsp3) is 0.478. The molecule has 0 aromatic carbocycles. The predicted molar refractivity (Wildman–Crippen MR) is 114 cm³/mol. The fourth-order valence-corrected chi connectivity index (χ4v) is 3.85. The lowest BCUT2D eigenvalue weighted by Crippen LogP contribution is -2.22. The van der Waals surface area contributed by atoms with Gasteiger partial charge in [-0.1, -0.05) is 37.6 Å². The molecule has 0 amide bonds. The van der Waals surface area contributed by atoms with E-state index in [0.29, 0.717) is 17.7 Å². The minimum absolute atomic E-state index is 0.0227. The molecule has 2 aromatic heterocycles. The first-order chi connectivity index (χ1) is 14.3. The average Bonchev–Trinajstić information content (AvgIpc) is 3.13. The predicted octanol–water partition coefficient (Wildman–Crippen LogP) is 6.47. The van der Waals surface area contributed by atoms with Crippen LogP contribution in [0.3, 0.4) is 0 Å². The van der Waals surface area contributed by atoms with E-state index in [1.807, 2.05) is 29.8 Å². The molecule has 0 radical (unpaired) electrons. The van der Waals surface area contributed by atoms with Crippen molar-refractivity contribution in [3.8, 4) is 0 Å². The van der Waals surface area contributed by atoms with Gasteiger partial charge in [-0.05, 0) is 56.4 Å². The highest BCUT2D eigenvalue weighted by Crippen LogP contribution is 2.35. The van der Waals surface area contributed by atoms with Crippen molar-refractivity contribution in [1.29, 1.82) is 0 Å². The van der Waals surface area contributed by atoms with Gasteiger partial charge in [0.05, 0.1) is 23.3 Å². The molecule has 162 valence electrons. The van der Waals surface area contributed by atoms with Gasteiger partial charge in [0.15, 0.2) is 0 Å². The molecule has 3 rings (SSSR count). The van der Waals surface area contributed by atoms with E-state index in [2.05, 4.69) is 15.4 Å². The number of aromatic nitrogens is 3. The number of hydrogen-bond donors (Lipinski definition) is 1. The Hall–Kier alpha value is -2.57. The quantitative estimate of drug-likeness (QED) is 0.524. The Morgan fingerprint density at radius 2 is 2.20 bits per heavy atom. The molecule has 7 heteroatoms. The van der Waals surface area contributed by atoms with E-state index in [4.69, 9.17) is 0 Å². The molecule has 0 saturated heterocycles. The highest BCUT2D eigenvalue weighted by Gasteiger charge is 2.37. The Kier molecular flexibility index (Phi) is 7.00. The van der Waals surface area contributed by atoms with Gasteiger partial charge in [0, 0.05) is 12.7 Å². The molecule has 3 heterocycles. The number of alkyl halides is 3. The zero-order valence-corrected chi connectivity index (χ0v) is 17.7. The minimum atomic E-state index is -4.26. The first-order valence-corrected chi connectivity index (χ1v) is 10.5. The average molecular weight is 419 g/mol. The Balaban J connectivity index is 1.94. The SMILES string of the molecule is C/C=C\C(=C/C(CCC)C(F)(F)F)c1cc2n(n1)CCCC2Nc1ncccc1C. The monoisotopic (exact) mass is 418 g/mol. The summed E-state index contributed by atoms with van der Waals surface area (Å²) in [4.78, 5) is 4.42. The van der Waals surface area contributed by atoms with E-state index in [9.17, 15) is 13.2 Å². The lowest BCUT2D eigenvalue weighted by atomic mass is 9.97. The lowest BCUT2D eigenvalue weighted by molar-refractivity contribution is -0.162. The van der Waals surface area contributed by atoms with Crippen LogP contribution >= 0.6 is 0 Å². The zero-order valence-electron chi connectivity index (χ0n) is 17.7. The van der Waals surface area contributed by atoms with E-state index >= 15 is 0 Å². The van der Waals surface area contributed by atoms with Crippen molar-refractivity contribution >= 4 is 11.4 Å². The van der Waals surface area contributed by atoms with Gasteiger partial charge < -0.3 is 5.32 Å². The third-order valence-corrected chi connectivity index (χ3v) is 5.39. The summed E-state index contributed by atoms with van der Waals surface area (Å²) in [5, 5.41) is 8.13. The van der Waals surface area contributed by atoms with Crippen molar-refractivity contribution in [2.45, 2.75) is 65.2 Å². The zero-order chi connectivity index (χ0) is 21.7. The van der Waals surface area contributed by atoms with E-state index in [1.54, 1.807) is 32.2 Å². The van der Waals surface area contributed by atoms with Crippen LogP contribution in [0.5, 0.6) is 0 Å². The number of halogens is 3. The molecule has 2 atom stereocenters. The first kappa shape index (κ1) is 22.1. The second kappa shape index (κ2) is 9.49. The number of anilines is 1. The number of pyridine rings is 1. The van der Waals surface area contributed by atoms with Gasteiger partial charge in [-0.25, -0.2) is 4.98 Å². The van der Waals surface area contributed by atoms with Crippen molar-refractivity contribution in [2.24, 2.45) is 5.92 Å². The van der Waals surface area contributed by atoms with E-state index in [1.165, 1.54) is 6.08 Å². The maximum absolute atomic E-state index is 13.5. The molecular weight excluding hydrogens is 389 g/mol. The number of allylic oxidation sites excluding steroid dienone is 4. The molecule has 1 N–H and O–H groups in total. The summed E-state index contributed by atoms with van der Waals surface area (Å²) in [6.07, 6.45) is 4.70. The first-order valence-electron chi connectivity index (χ1n) is 10.5. The highest BCUT2D eigenvalue weighted by atomic mass is 19.4. The Bertz CT molecular complexity index is 911. The van der Waals surface area contributed by atoms with Gasteiger partial charge in [0.1, 0.15) is 5.82 Å². The molecule has 2 aromatic rings. The summed E-state index contributed by atoms with van der Waals surface area (Å²) in [6.45, 7) is 6.34. The topological polar surface area (TPSA) is 42.7 Å². The lowest BCUT2D eigenvalue weighted by Gasteiger charge is -2.25. The molecular formula is C23H29F3N4. The van der Waals surface area contributed by atoms with Gasteiger partial charge in [-0.2, -0.15) is 18.3 Å². The van der Waals surface area contributed by atoms with Crippen LogP contribution in [0.4, 0.5) is 19.0 Å². The Morgan fingerprint density at radius 3 is 2.87 bits per heavy atom. The number of nitrogens with one attached hydrogen (secondary N) is 1. The van der Waals surface area contributed by atoms with Crippen LogP contribution in [0.15, 0.2) is 42.6 Å². The van der Waals surface area contributed by atoms with Crippen LogP contribution in [-0.4, -0.2) is 20.9 Å². The maximum atomic E-state index is 13.5. The second-order valence-corrected chi connectivity index (χ2v) is 7.74. The number of rotatable bonds is 7.